The van der Waals surface area contributed by atoms with E-state index in [1.54, 1.807) is 25.2 Å². The van der Waals surface area contributed by atoms with Gasteiger partial charge in [-0.2, -0.15) is 10.4 Å². The average molecular weight is 838 g/mol. The van der Waals surface area contributed by atoms with Crippen molar-refractivity contribution in [3.63, 3.8) is 0 Å². The number of aromatic nitrogens is 3. The molecule has 3 aromatic rings. The number of nitrogens with zero attached hydrogens (tertiary/aromatic N) is 8. The Bertz CT molecular complexity index is 2140. The van der Waals surface area contributed by atoms with Gasteiger partial charge in [0.05, 0.1) is 46.9 Å². The molecule has 4 aliphatic rings. The number of amides is 2. The first-order valence-corrected chi connectivity index (χ1v) is 21.2. The van der Waals surface area contributed by atoms with E-state index in [-0.39, 0.29) is 83.0 Å². The summed E-state index contributed by atoms with van der Waals surface area (Å²) in [7, 11) is 1.70. The number of piperidine rings is 1. The molecule has 3 fully saturated rings. The van der Waals surface area contributed by atoms with Crippen molar-refractivity contribution in [2.24, 2.45) is 0 Å². The van der Waals surface area contributed by atoms with Crippen molar-refractivity contribution in [3.8, 4) is 6.07 Å². The molecule has 5 heterocycles. The van der Waals surface area contributed by atoms with E-state index in [0.717, 1.165) is 43.4 Å². The molecule has 2 saturated heterocycles. The molecule has 0 bridgehead atoms. The topological polar surface area (TPSA) is 174 Å². The van der Waals surface area contributed by atoms with E-state index in [4.69, 9.17) is 26.7 Å². The summed E-state index contributed by atoms with van der Waals surface area (Å²) in [5.74, 6) is -0.500. The van der Waals surface area contributed by atoms with Crippen LogP contribution < -0.4 is 45.1 Å². The summed E-state index contributed by atoms with van der Waals surface area (Å²) in [6.45, 7) is 18.5. The van der Waals surface area contributed by atoms with Crippen molar-refractivity contribution in [3.05, 3.63) is 113 Å². The fraction of sp³-hybridized carbons (Fsp3) is 0.478. The van der Waals surface area contributed by atoms with Gasteiger partial charge in [0.2, 0.25) is 5.91 Å². The van der Waals surface area contributed by atoms with Gasteiger partial charge in [0, 0.05) is 64.1 Å². The van der Waals surface area contributed by atoms with Crippen LogP contribution in [0.1, 0.15) is 91.1 Å². The van der Waals surface area contributed by atoms with Gasteiger partial charge in [-0.1, -0.05) is 31.4 Å². The fourth-order valence-corrected chi connectivity index (χ4v) is 8.74. The number of nitriles is 1. The number of aryl methyl sites for hydroxylation is 1. The Morgan fingerprint density at radius 2 is 1.74 bits per heavy atom. The molecule has 61 heavy (non-hydrogen) atoms. The molecule has 1 atom stereocenters. The minimum absolute atomic E-state index is 0. The molecule has 0 aromatic carbocycles. The number of fused-ring (bicyclic) bond motifs is 1. The molecule has 3 aromatic heterocycles. The maximum absolute atomic E-state index is 12.6. The first-order valence-electron chi connectivity index (χ1n) is 21.2. The molecular weight excluding hydrogens is 780 g/mol. The van der Waals surface area contributed by atoms with Gasteiger partial charge in [-0.05, 0) is 75.8 Å². The van der Waals surface area contributed by atoms with Crippen molar-refractivity contribution in [1.82, 2.24) is 35.0 Å². The van der Waals surface area contributed by atoms with E-state index in [0.29, 0.717) is 17.1 Å². The van der Waals surface area contributed by atoms with Crippen LogP contribution in [0.5, 0.6) is 0 Å². The first kappa shape index (κ1) is 47.4. The minimum atomic E-state index is -0.485. The number of aliphatic hydroxyl groups excluding tert-OH is 1. The fourth-order valence-electron chi connectivity index (χ4n) is 8.74. The third-order valence-corrected chi connectivity index (χ3v) is 12.0. The van der Waals surface area contributed by atoms with Crippen molar-refractivity contribution < 1.29 is 49.0 Å². The van der Waals surface area contributed by atoms with Crippen LogP contribution >= 0.6 is 0 Å². The zero-order chi connectivity index (χ0) is 42.6. The summed E-state index contributed by atoms with van der Waals surface area (Å²) in [6, 6.07) is 12.6. The van der Waals surface area contributed by atoms with E-state index in [2.05, 4.69) is 56.1 Å². The van der Waals surface area contributed by atoms with Gasteiger partial charge in [-0.25, -0.2) is 16.7 Å². The number of piperazine rings is 1. The van der Waals surface area contributed by atoms with Crippen LogP contribution in [-0.2, 0) is 9.53 Å². The van der Waals surface area contributed by atoms with E-state index in [1.807, 2.05) is 12.1 Å². The van der Waals surface area contributed by atoms with Crippen LogP contribution in [0.15, 0.2) is 78.4 Å². The van der Waals surface area contributed by atoms with Gasteiger partial charge in [0.25, 0.3) is 5.91 Å². The van der Waals surface area contributed by atoms with Crippen molar-refractivity contribution in [1.29, 1.82) is 5.26 Å². The molecule has 2 aliphatic carbocycles. The molecule has 3 N–H and O–H groups in total. The Morgan fingerprint density at radius 1 is 1.05 bits per heavy atom. The summed E-state index contributed by atoms with van der Waals surface area (Å²) >= 11 is 0. The molecule has 0 spiro atoms. The SMILES string of the molecule is C=CCCC(C(=O)NC)c1ccc(N2CCC(N3CCN(C4CCCCC4)CC3)CC2)c(C)n1.[CH-]=C1C=C(NC(=O)c2ccc3cc(C#N)cnn23)C(OCCO)=CC1=[N-].[Na+]. The predicted octanol–water partition coefficient (Wildman–Crippen LogP) is 2.20. The average Bonchev–Trinajstić information content (AvgIpc) is 3.71. The molecule has 7 rings (SSSR count). The van der Waals surface area contributed by atoms with E-state index >= 15 is 0 Å². The van der Waals surface area contributed by atoms with Gasteiger partial charge in [-0.3, -0.25) is 30.1 Å². The molecule has 1 unspecified atom stereocenters. The van der Waals surface area contributed by atoms with Gasteiger partial charge in [-0.15, -0.1) is 12.7 Å². The standard InChI is InChI=1S/C28H45N5O.C18H13N5O3.Na/c1-4-5-11-25(28(34)29-3)26-12-13-27(22(2)30-26)33-16-14-24(15-17-33)32-20-18-31(19-21-32)23-9-7-6-8-10-23;1-11-6-15(17(8-14(11)20)26-5-4-24)22-18(25)16-3-2-13-7-12(9-19)10-21-23(13)16;/h4,12-13,23-25H,1,5-11,14-21H2,2-3H3,(H,29,34);1-3,6-8,10,24H,4-5H2,(H,22,25);/q;-2;+1. The third-order valence-electron chi connectivity index (χ3n) is 12.0. The summed E-state index contributed by atoms with van der Waals surface area (Å²) < 4.78 is 6.72. The van der Waals surface area contributed by atoms with E-state index in [9.17, 15) is 15.0 Å². The Balaban J connectivity index is 0.000000235. The van der Waals surface area contributed by atoms with Gasteiger partial charge < -0.3 is 30.8 Å². The zero-order valence-electron chi connectivity index (χ0n) is 36.0. The number of carbonyl (C=O) groups excluding carboxylic acids is 2. The summed E-state index contributed by atoms with van der Waals surface area (Å²) in [6.07, 6.45) is 17.0. The molecule has 2 aliphatic heterocycles. The number of allylic oxidation sites excluding steroid dienone is 4. The number of anilines is 1. The number of carbonyl (C=O) groups is 2. The van der Waals surface area contributed by atoms with Crippen LogP contribution in [0.3, 0.4) is 0 Å². The monoisotopic (exact) mass is 837 g/mol. The molecule has 1 saturated carbocycles. The smallest absolute Gasteiger partial charge is 0.872 e. The Kier molecular flexibility index (Phi) is 17.9. The predicted molar refractivity (Wildman–Crippen MR) is 233 cm³/mol. The number of pyridine rings is 1. The second kappa shape index (κ2) is 23.0. The summed E-state index contributed by atoms with van der Waals surface area (Å²) in [5, 5.41) is 37.1. The molecule has 0 radical (unpaired) electrons. The van der Waals surface area contributed by atoms with Crippen LogP contribution in [0, 0.1) is 24.8 Å². The van der Waals surface area contributed by atoms with Crippen molar-refractivity contribution >= 4 is 28.7 Å². The molecule has 318 valence electrons. The minimum Gasteiger partial charge on any atom is -0.872 e. The maximum atomic E-state index is 12.6. The number of hydrogen-bond donors (Lipinski definition) is 3. The van der Waals surface area contributed by atoms with Crippen LogP contribution in [-0.4, -0.2) is 119 Å². The van der Waals surface area contributed by atoms with Crippen LogP contribution in [0.4, 0.5) is 5.69 Å². The quantitative estimate of drug-likeness (QED) is 0.132. The van der Waals surface area contributed by atoms with Crippen LogP contribution in [0.25, 0.3) is 10.9 Å². The zero-order valence-corrected chi connectivity index (χ0v) is 38.0. The number of nitrogens with one attached hydrogen (secondary N) is 2. The number of rotatable bonds is 13. The molecule has 2 amide bonds. The summed E-state index contributed by atoms with van der Waals surface area (Å²) in [4.78, 5) is 38.0. The van der Waals surface area contributed by atoms with Gasteiger partial charge >= 0.3 is 29.6 Å². The normalized spacial score (nSPS) is 18.4. The van der Waals surface area contributed by atoms with Gasteiger partial charge in [0.15, 0.2) is 0 Å². The maximum Gasteiger partial charge on any atom is 1.00 e. The van der Waals surface area contributed by atoms with Gasteiger partial charge in [0.1, 0.15) is 24.1 Å². The Hall–Kier alpha value is -4.62. The van der Waals surface area contributed by atoms with E-state index in [1.165, 1.54) is 99.7 Å². The molecule has 15 heteroatoms. The van der Waals surface area contributed by atoms with Crippen molar-refractivity contribution in [2.45, 2.75) is 82.7 Å². The number of hydrogen-bond acceptors (Lipinski definition) is 10. The first-order chi connectivity index (χ1) is 29.1. The molecular formula is C46H58N10NaO4-. The second-order valence-electron chi connectivity index (χ2n) is 15.8. The summed E-state index contributed by atoms with van der Waals surface area (Å²) in [5.41, 5.74) is 4.45. The van der Waals surface area contributed by atoms with E-state index < -0.39 is 5.91 Å². The number of ether oxygens (including phenoxy) is 1. The van der Waals surface area contributed by atoms with Crippen LogP contribution in [0.2, 0.25) is 0 Å². The second-order valence-corrected chi connectivity index (χ2v) is 15.8. The van der Waals surface area contributed by atoms with Crippen molar-refractivity contribution in [2.75, 3.05) is 64.4 Å². The Morgan fingerprint density at radius 3 is 2.36 bits per heavy atom. The largest absolute Gasteiger partial charge is 1.00 e. The Labute approximate surface area is 382 Å². The third kappa shape index (κ3) is 12.1. The number of likely N-dealkylation sites (N-methyl/N-ethyl adjacent to an activating group) is 1. The number of aliphatic hydroxyl groups is 1. The molecule has 14 nitrogen and oxygen atoms in total.